The number of likely N-dealkylation sites (N-methyl/N-ethyl adjacent to an activating group) is 1. The van der Waals surface area contributed by atoms with E-state index in [1.807, 2.05) is 26.2 Å². The molecule has 0 aliphatic heterocycles. The lowest BCUT2D eigenvalue weighted by Crippen LogP contribution is -2.27. The van der Waals surface area contributed by atoms with Crippen LogP contribution in [0.4, 0.5) is 5.69 Å². The molecule has 0 spiro atoms. The van der Waals surface area contributed by atoms with Crippen molar-refractivity contribution >= 4 is 11.6 Å². The Bertz CT molecular complexity index is 444. The molecule has 90 valence electrons. The highest BCUT2D eigenvalue weighted by molar-refractivity contribution is 5.93. The van der Waals surface area contributed by atoms with Gasteiger partial charge < -0.3 is 15.3 Å². The highest BCUT2D eigenvalue weighted by atomic mass is 16.2. The third kappa shape index (κ3) is 4.68. The second-order valence-corrected chi connectivity index (χ2v) is 3.79. The van der Waals surface area contributed by atoms with E-state index in [-0.39, 0.29) is 12.5 Å². The van der Waals surface area contributed by atoms with E-state index in [1.54, 1.807) is 17.0 Å². The second kappa shape index (κ2) is 6.69. The third-order valence-electron chi connectivity index (χ3n) is 1.96. The Balaban J connectivity index is 2.80. The van der Waals surface area contributed by atoms with Crippen molar-refractivity contribution in [2.24, 2.45) is 0 Å². The number of anilines is 1. The van der Waals surface area contributed by atoms with Crippen molar-refractivity contribution in [1.82, 2.24) is 4.90 Å². The summed E-state index contributed by atoms with van der Waals surface area (Å²) in [5.74, 6) is 5.27. The van der Waals surface area contributed by atoms with Gasteiger partial charge in [-0.15, -0.1) is 0 Å². The average Bonchev–Trinajstić information content (AvgIpc) is 2.26. The molecule has 17 heavy (non-hydrogen) atoms. The van der Waals surface area contributed by atoms with Gasteiger partial charge in [-0.1, -0.05) is 24.0 Å². The minimum Gasteiger partial charge on any atom is -0.384 e. The molecule has 0 heterocycles. The quantitative estimate of drug-likeness (QED) is 0.747. The number of nitrogens with one attached hydrogen (secondary N) is 1. The maximum atomic E-state index is 11.6. The van der Waals surface area contributed by atoms with Crippen LogP contribution < -0.4 is 5.32 Å². The van der Waals surface area contributed by atoms with E-state index >= 15 is 0 Å². The molecular weight excluding hydrogens is 216 g/mol. The van der Waals surface area contributed by atoms with Gasteiger partial charge in [0.15, 0.2) is 0 Å². The first-order chi connectivity index (χ1) is 8.13. The maximum absolute atomic E-state index is 11.6. The number of rotatable bonds is 3. The fourth-order valence-electron chi connectivity index (χ4n) is 1.31. The number of carbonyl (C=O) groups is 1. The third-order valence-corrected chi connectivity index (χ3v) is 1.96. The van der Waals surface area contributed by atoms with E-state index in [2.05, 4.69) is 17.2 Å². The summed E-state index contributed by atoms with van der Waals surface area (Å²) in [4.78, 5) is 13.4. The van der Waals surface area contributed by atoms with Crippen LogP contribution in [0.3, 0.4) is 0 Å². The number of nitrogens with zero attached hydrogens (tertiary/aromatic N) is 1. The molecule has 0 fully saturated rings. The summed E-state index contributed by atoms with van der Waals surface area (Å²) >= 11 is 0. The summed E-state index contributed by atoms with van der Waals surface area (Å²) in [6.45, 7) is 0.127. The van der Waals surface area contributed by atoms with Gasteiger partial charge in [0.1, 0.15) is 6.61 Å². The van der Waals surface area contributed by atoms with E-state index in [4.69, 9.17) is 5.11 Å². The van der Waals surface area contributed by atoms with E-state index < -0.39 is 0 Å². The second-order valence-electron chi connectivity index (χ2n) is 3.79. The largest absolute Gasteiger partial charge is 0.384 e. The molecular formula is C13H16N2O2. The molecule has 0 bridgehead atoms. The zero-order chi connectivity index (χ0) is 12.7. The van der Waals surface area contributed by atoms with Crippen molar-refractivity contribution in [3.8, 4) is 11.8 Å². The Morgan fingerprint density at radius 3 is 2.76 bits per heavy atom. The van der Waals surface area contributed by atoms with Crippen LogP contribution in [0.5, 0.6) is 0 Å². The van der Waals surface area contributed by atoms with Crippen molar-refractivity contribution < 1.29 is 9.90 Å². The first-order valence-corrected chi connectivity index (χ1v) is 5.27. The minimum atomic E-state index is -0.194. The molecule has 0 saturated heterocycles. The Hall–Kier alpha value is -1.83. The average molecular weight is 232 g/mol. The molecule has 0 unspecified atom stereocenters. The number of hydrogen-bond donors (Lipinski definition) is 2. The van der Waals surface area contributed by atoms with Crippen molar-refractivity contribution in [3.05, 3.63) is 29.8 Å². The molecule has 2 N–H and O–H groups in total. The summed E-state index contributed by atoms with van der Waals surface area (Å²) in [5.41, 5.74) is 1.37. The van der Waals surface area contributed by atoms with E-state index in [0.717, 1.165) is 0 Å². The predicted molar refractivity (Wildman–Crippen MR) is 67.6 cm³/mol. The SMILES string of the molecule is CN(C)CC(=O)Nc1ccccc1C#CCO. The lowest BCUT2D eigenvalue weighted by molar-refractivity contribution is -0.116. The number of para-hydroxylation sites is 1. The molecule has 0 aliphatic carbocycles. The highest BCUT2D eigenvalue weighted by Gasteiger charge is 2.05. The van der Waals surface area contributed by atoms with Gasteiger partial charge in [-0.2, -0.15) is 0 Å². The van der Waals surface area contributed by atoms with Crippen molar-refractivity contribution in [2.75, 3.05) is 32.6 Å². The highest BCUT2D eigenvalue weighted by Crippen LogP contribution is 2.13. The van der Waals surface area contributed by atoms with Crippen LogP contribution >= 0.6 is 0 Å². The van der Waals surface area contributed by atoms with Gasteiger partial charge in [0.25, 0.3) is 0 Å². The fraction of sp³-hybridized carbons (Fsp3) is 0.308. The Morgan fingerprint density at radius 2 is 2.12 bits per heavy atom. The monoisotopic (exact) mass is 232 g/mol. The fourth-order valence-corrected chi connectivity index (χ4v) is 1.31. The van der Waals surface area contributed by atoms with Crippen molar-refractivity contribution in [2.45, 2.75) is 0 Å². The van der Waals surface area contributed by atoms with Crippen LogP contribution in [-0.4, -0.2) is 43.2 Å². The first kappa shape index (κ1) is 13.2. The van der Waals surface area contributed by atoms with Crippen LogP contribution in [-0.2, 0) is 4.79 Å². The number of hydrogen-bond acceptors (Lipinski definition) is 3. The van der Waals surface area contributed by atoms with E-state index in [1.165, 1.54) is 0 Å². The summed E-state index contributed by atoms with van der Waals surface area (Å²) in [7, 11) is 3.66. The summed E-state index contributed by atoms with van der Waals surface area (Å²) in [6, 6.07) is 7.25. The molecule has 1 rings (SSSR count). The van der Waals surface area contributed by atoms with Gasteiger partial charge in [0.2, 0.25) is 5.91 Å². The van der Waals surface area contributed by atoms with Gasteiger partial charge in [-0.25, -0.2) is 0 Å². The summed E-state index contributed by atoms with van der Waals surface area (Å²) < 4.78 is 0. The number of amides is 1. The Labute approximate surface area is 101 Å². The van der Waals surface area contributed by atoms with Gasteiger partial charge in [-0.3, -0.25) is 4.79 Å². The van der Waals surface area contributed by atoms with Crippen LogP contribution in [0, 0.1) is 11.8 Å². The first-order valence-electron chi connectivity index (χ1n) is 5.27. The zero-order valence-corrected chi connectivity index (χ0v) is 10.0. The van der Waals surface area contributed by atoms with E-state index in [9.17, 15) is 4.79 Å². The summed E-state index contributed by atoms with van der Waals surface area (Å²) in [6.07, 6.45) is 0. The Kier molecular flexibility index (Phi) is 5.21. The molecule has 4 nitrogen and oxygen atoms in total. The van der Waals surface area contributed by atoms with Gasteiger partial charge in [-0.05, 0) is 26.2 Å². The number of aliphatic hydroxyl groups is 1. The van der Waals surface area contributed by atoms with Crippen LogP contribution in [0.25, 0.3) is 0 Å². The molecule has 0 radical (unpaired) electrons. The van der Waals surface area contributed by atoms with Crippen molar-refractivity contribution in [3.63, 3.8) is 0 Å². The topological polar surface area (TPSA) is 52.6 Å². The van der Waals surface area contributed by atoms with Gasteiger partial charge in [0.05, 0.1) is 12.2 Å². The van der Waals surface area contributed by atoms with Crippen LogP contribution in [0.1, 0.15) is 5.56 Å². The molecule has 4 heteroatoms. The molecule has 0 atom stereocenters. The molecule has 1 aromatic rings. The lowest BCUT2D eigenvalue weighted by atomic mass is 10.2. The molecule has 0 aliphatic rings. The smallest absolute Gasteiger partial charge is 0.238 e. The van der Waals surface area contributed by atoms with Crippen LogP contribution in [0.2, 0.25) is 0 Å². The minimum absolute atomic E-state index is 0.0896. The van der Waals surface area contributed by atoms with E-state index in [0.29, 0.717) is 17.8 Å². The standard InChI is InChI=1S/C13H16N2O2/c1-15(2)10-13(17)14-12-8-4-3-6-11(12)7-5-9-16/h3-4,6,8,16H,9-10H2,1-2H3,(H,14,17). The molecule has 0 saturated carbocycles. The summed E-state index contributed by atoms with van der Waals surface area (Å²) in [5, 5.41) is 11.4. The van der Waals surface area contributed by atoms with Crippen molar-refractivity contribution in [1.29, 1.82) is 0 Å². The normalized spacial score (nSPS) is 9.65. The van der Waals surface area contributed by atoms with Crippen LogP contribution in [0.15, 0.2) is 24.3 Å². The number of aliphatic hydroxyl groups excluding tert-OH is 1. The number of benzene rings is 1. The van der Waals surface area contributed by atoms with Gasteiger partial charge in [0, 0.05) is 5.56 Å². The zero-order valence-electron chi connectivity index (χ0n) is 10.0. The maximum Gasteiger partial charge on any atom is 0.238 e. The Morgan fingerprint density at radius 1 is 1.41 bits per heavy atom. The molecule has 1 amide bonds. The predicted octanol–water partition coefficient (Wildman–Crippen LogP) is 0.530. The molecule has 0 aromatic heterocycles. The van der Waals surface area contributed by atoms with Gasteiger partial charge >= 0.3 is 0 Å². The lowest BCUT2D eigenvalue weighted by Gasteiger charge is -2.11. The molecule has 1 aromatic carbocycles. The number of carbonyl (C=O) groups excluding carboxylic acids is 1.